The first-order chi connectivity index (χ1) is 12.0. The first-order valence-electron chi connectivity index (χ1n) is 8.46. The summed E-state index contributed by atoms with van der Waals surface area (Å²) in [7, 11) is 1.39. The number of methoxy groups -OCH3 is 1. The van der Waals surface area contributed by atoms with Crippen molar-refractivity contribution in [3.63, 3.8) is 0 Å². The highest BCUT2D eigenvalue weighted by atomic mass is 16.6. The minimum atomic E-state index is -1.18. The van der Waals surface area contributed by atoms with Crippen LogP contribution < -0.4 is 4.74 Å². The molecular formula is C18H24O7. The summed E-state index contributed by atoms with van der Waals surface area (Å²) >= 11 is 0. The van der Waals surface area contributed by atoms with Crippen LogP contribution in [-0.4, -0.2) is 65.8 Å². The van der Waals surface area contributed by atoms with E-state index < -0.39 is 30.5 Å². The second kappa shape index (κ2) is 7.80. The van der Waals surface area contributed by atoms with Crippen molar-refractivity contribution < 1.29 is 34.3 Å². The largest absolute Gasteiger partial charge is 0.486 e. The third kappa shape index (κ3) is 4.02. The van der Waals surface area contributed by atoms with E-state index in [4.69, 9.17) is 14.2 Å². The van der Waals surface area contributed by atoms with Crippen molar-refractivity contribution >= 4 is 5.78 Å². The molecule has 1 saturated heterocycles. The molecule has 1 aliphatic heterocycles. The maximum atomic E-state index is 11.7. The van der Waals surface area contributed by atoms with Crippen LogP contribution in [0.25, 0.3) is 0 Å². The van der Waals surface area contributed by atoms with Crippen LogP contribution in [0.3, 0.4) is 0 Å². The zero-order valence-corrected chi connectivity index (χ0v) is 14.1. The van der Waals surface area contributed by atoms with Gasteiger partial charge < -0.3 is 29.5 Å². The number of carbonyl (C=O) groups is 1. The fourth-order valence-corrected chi connectivity index (χ4v) is 3.08. The smallest absolute Gasteiger partial charge is 0.173 e. The predicted molar refractivity (Wildman–Crippen MR) is 87.2 cm³/mol. The third-order valence-corrected chi connectivity index (χ3v) is 4.76. The van der Waals surface area contributed by atoms with E-state index in [-0.39, 0.29) is 24.9 Å². The van der Waals surface area contributed by atoms with Crippen LogP contribution in [-0.2, 0) is 14.3 Å². The molecule has 5 atom stereocenters. The average molecular weight is 352 g/mol. The molecule has 25 heavy (non-hydrogen) atoms. The Morgan fingerprint density at radius 3 is 2.44 bits per heavy atom. The predicted octanol–water partition coefficient (Wildman–Crippen LogP) is 0.213. The highest BCUT2D eigenvalue weighted by Crippen LogP contribution is 2.34. The second-order valence-corrected chi connectivity index (χ2v) is 6.56. The first-order valence-corrected chi connectivity index (χ1v) is 8.46. The Morgan fingerprint density at radius 1 is 1.20 bits per heavy atom. The lowest BCUT2D eigenvalue weighted by Crippen LogP contribution is -2.56. The molecule has 1 aromatic carbocycles. The number of benzene rings is 1. The summed E-state index contributed by atoms with van der Waals surface area (Å²) in [6.07, 6.45) is -2.78. The fraction of sp³-hybridized carbons (Fsp3) is 0.611. The van der Waals surface area contributed by atoms with Crippen LogP contribution in [0.2, 0.25) is 0 Å². The molecule has 2 aliphatic rings. The highest BCUT2D eigenvalue weighted by molar-refractivity contribution is 5.84. The number of hydrogen-bond donors (Lipinski definition) is 3. The lowest BCUT2D eigenvalue weighted by atomic mass is 9.91. The number of ketones is 1. The third-order valence-electron chi connectivity index (χ3n) is 4.76. The molecule has 5 unspecified atom stereocenters. The number of ether oxygens (including phenoxy) is 3. The average Bonchev–Trinajstić information content (AvgIpc) is 3.47. The van der Waals surface area contributed by atoms with Gasteiger partial charge in [0, 0.05) is 13.0 Å². The highest BCUT2D eigenvalue weighted by Gasteiger charge is 2.45. The number of aliphatic hydroxyl groups excluding tert-OH is 3. The summed E-state index contributed by atoms with van der Waals surface area (Å²) < 4.78 is 16.3. The molecule has 1 aromatic rings. The summed E-state index contributed by atoms with van der Waals surface area (Å²) in [6, 6.07) is 6.79. The number of Topliss-reactive ketones (excluding diaryl/α,β-unsaturated/α-hetero) is 1. The molecule has 2 fully saturated rings. The molecular weight excluding hydrogens is 328 g/mol. The maximum Gasteiger partial charge on any atom is 0.173 e. The van der Waals surface area contributed by atoms with Gasteiger partial charge in [-0.15, -0.1) is 0 Å². The van der Waals surface area contributed by atoms with Gasteiger partial charge >= 0.3 is 0 Å². The van der Waals surface area contributed by atoms with Crippen molar-refractivity contribution in [2.45, 2.75) is 43.4 Å². The van der Waals surface area contributed by atoms with Gasteiger partial charge in [-0.25, -0.2) is 0 Å². The standard InChI is InChI=1S/C18H24O7/c1-23-18-14(8-19)25-17(15(21)16(18)22)11-4-6-12(7-5-11)24-9-13(20)10-2-3-10/h4-7,10,14-19,21-22H,2-3,8-9H2,1H3. The van der Waals surface area contributed by atoms with Crippen molar-refractivity contribution in [3.05, 3.63) is 29.8 Å². The van der Waals surface area contributed by atoms with Crippen LogP contribution in [0.5, 0.6) is 5.75 Å². The van der Waals surface area contributed by atoms with E-state index in [9.17, 15) is 20.1 Å². The van der Waals surface area contributed by atoms with Gasteiger partial charge in [0.1, 0.15) is 42.9 Å². The molecule has 1 heterocycles. The number of hydrogen-bond acceptors (Lipinski definition) is 7. The number of aliphatic hydroxyl groups is 3. The molecule has 3 N–H and O–H groups in total. The molecule has 1 aliphatic carbocycles. The molecule has 0 aromatic heterocycles. The van der Waals surface area contributed by atoms with Crippen molar-refractivity contribution in [2.75, 3.05) is 20.3 Å². The van der Waals surface area contributed by atoms with Crippen LogP contribution in [0, 0.1) is 5.92 Å². The van der Waals surface area contributed by atoms with Crippen LogP contribution in [0.15, 0.2) is 24.3 Å². The Morgan fingerprint density at radius 2 is 1.88 bits per heavy atom. The van der Waals surface area contributed by atoms with Gasteiger partial charge in [0.25, 0.3) is 0 Å². The van der Waals surface area contributed by atoms with E-state index in [1.165, 1.54) is 7.11 Å². The van der Waals surface area contributed by atoms with Crippen molar-refractivity contribution in [1.82, 2.24) is 0 Å². The summed E-state index contributed by atoms with van der Waals surface area (Å²) in [5.41, 5.74) is 0.639. The summed E-state index contributed by atoms with van der Waals surface area (Å²) in [5, 5.41) is 29.9. The van der Waals surface area contributed by atoms with Gasteiger partial charge in [-0.1, -0.05) is 12.1 Å². The first kappa shape index (κ1) is 18.3. The van der Waals surface area contributed by atoms with E-state index in [2.05, 4.69) is 0 Å². The van der Waals surface area contributed by atoms with Crippen molar-refractivity contribution in [1.29, 1.82) is 0 Å². The van der Waals surface area contributed by atoms with Crippen LogP contribution >= 0.6 is 0 Å². The van der Waals surface area contributed by atoms with E-state index in [1.807, 2.05) is 0 Å². The van der Waals surface area contributed by atoms with Crippen LogP contribution in [0.1, 0.15) is 24.5 Å². The second-order valence-electron chi connectivity index (χ2n) is 6.56. The van der Waals surface area contributed by atoms with E-state index in [1.54, 1.807) is 24.3 Å². The Kier molecular flexibility index (Phi) is 5.71. The normalized spacial score (nSPS) is 32.4. The van der Waals surface area contributed by atoms with Crippen molar-refractivity contribution in [3.8, 4) is 5.75 Å². The SMILES string of the molecule is COC1C(CO)OC(c2ccc(OCC(=O)C3CC3)cc2)C(O)C1O. The lowest BCUT2D eigenvalue weighted by molar-refractivity contribution is -0.238. The number of carbonyl (C=O) groups excluding carboxylic acids is 1. The zero-order valence-electron chi connectivity index (χ0n) is 14.1. The molecule has 7 heteroatoms. The van der Waals surface area contributed by atoms with E-state index in [0.717, 1.165) is 12.8 Å². The quantitative estimate of drug-likeness (QED) is 0.644. The monoisotopic (exact) mass is 352 g/mol. The Hall–Kier alpha value is -1.51. The topological polar surface area (TPSA) is 105 Å². The van der Waals surface area contributed by atoms with Gasteiger partial charge in [0.05, 0.1) is 6.61 Å². The van der Waals surface area contributed by atoms with Gasteiger partial charge in [0.15, 0.2) is 5.78 Å². The lowest BCUT2D eigenvalue weighted by Gasteiger charge is -2.41. The van der Waals surface area contributed by atoms with E-state index >= 15 is 0 Å². The summed E-state index contributed by atoms with van der Waals surface area (Å²) in [5.74, 6) is 0.836. The van der Waals surface area contributed by atoms with Gasteiger partial charge in [-0.2, -0.15) is 0 Å². The molecule has 138 valence electrons. The van der Waals surface area contributed by atoms with E-state index in [0.29, 0.717) is 11.3 Å². The molecule has 0 amide bonds. The van der Waals surface area contributed by atoms with Crippen LogP contribution in [0.4, 0.5) is 0 Å². The molecule has 0 bridgehead atoms. The Labute approximate surface area is 146 Å². The number of rotatable bonds is 7. The molecule has 0 spiro atoms. The zero-order chi connectivity index (χ0) is 18.0. The molecule has 3 rings (SSSR count). The maximum absolute atomic E-state index is 11.7. The van der Waals surface area contributed by atoms with Gasteiger partial charge in [-0.3, -0.25) is 4.79 Å². The Bertz CT molecular complexity index is 582. The molecule has 7 nitrogen and oxygen atoms in total. The summed E-state index contributed by atoms with van der Waals surface area (Å²) in [6.45, 7) is -0.267. The van der Waals surface area contributed by atoms with Gasteiger partial charge in [0.2, 0.25) is 0 Å². The fourth-order valence-electron chi connectivity index (χ4n) is 3.08. The minimum absolute atomic E-state index is 0.0629. The summed E-state index contributed by atoms with van der Waals surface area (Å²) in [4.78, 5) is 11.7. The molecule has 1 saturated carbocycles. The Balaban J connectivity index is 1.65. The van der Waals surface area contributed by atoms with Gasteiger partial charge in [-0.05, 0) is 30.5 Å². The minimum Gasteiger partial charge on any atom is -0.486 e. The molecule has 0 radical (unpaired) electrons. The van der Waals surface area contributed by atoms with Crippen molar-refractivity contribution in [2.24, 2.45) is 5.92 Å².